The fourth-order valence-corrected chi connectivity index (χ4v) is 2.95. The molecule has 0 aliphatic heterocycles. The molecule has 3 aromatic rings. The molecule has 1 unspecified atom stereocenters. The molecule has 8 nitrogen and oxygen atoms in total. The van der Waals surface area contributed by atoms with Crippen molar-refractivity contribution in [1.82, 2.24) is 15.0 Å². The number of rotatable bonds is 9. The average molecular weight is 482 g/mol. The van der Waals surface area contributed by atoms with Crippen LogP contribution >= 0.6 is 0 Å². The van der Waals surface area contributed by atoms with Gasteiger partial charge >= 0.3 is 11.9 Å². The van der Waals surface area contributed by atoms with Crippen LogP contribution in [0.15, 0.2) is 42.5 Å². The average Bonchev–Trinajstić information content (AvgIpc) is 3.32. The first-order chi connectivity index (χ1) is 16.7. The van der Waals surface area contributed by atoms with Crippen LogP contribution in [0.25, 0.3) is 16.7 Å². The summed E-state index contributed by atoms with van der Waals surface area (Å²) < 4.78 is 9.87. The lowest BCUT2D eigenvalue weighted by atomic mass is 9.91. The van der Waals surface area contributed by atoms with Crippen molar-refractivity contribution in [3.63, 3.8) is 0 Å². The molecule has 2 aromatic carbocycles. The van der Waals surface area contributed by atoms with Gasteiger partial charge in [-0.3, -0.25) is 14.4 Å². The van der Waals surface area contributed by atoms with Gasteiger partial charge in [-0.05, 0) is 56.5 Å². The van der Waals surface area contributed by atoms with E-state index in [2.05, 4.69) is 14.9 Å². The third kappa shape index (κ3) is 7.47. The molecule has 0 saturated carbocycles. The highest BCUT2D eigenvalue weighted by Crippen LogP contribution is 2.22. The number of ether oxygens (including phenoxy) is 2. The molecule has 0 N–H and O–H groups in total. The predicted octanol–water partition coefficient (Wildman–Crippen LogP) is 4.96. The van der Waals surface area contributed by atoms with Crippen molar-refractivity contribution in [1.29, 1.82) is 0 Å². The second-order valence-electron chi connectivity index (χ2n) is 8.94. The third-order valence-corrected chi connectivity index (χ3v) is 6.00. The zero-order valence-corrected chi connectivity index (χ0v) is 21.4. The van der Waals surface area contributed by atoms with Crippen molar-refractivity contribution in [2.75, 3.05) is 13.7 Å². The van der Waals surface area contributed by atoms with Crippen molar-refractivity contribution >= 4 is 29.3 Å². The van der Waals surface area contributed by atoms with Gasteiger partial charge in [0, 0.05) is 12.0 Å². The van der Waals surface area contributed by atoms with Gasteiger partial charge in [-0.15, -0.1) is 15.0 Å². The van der Waals surface area contributed by atoms with E-state index < -0.39 is 5.41 Å². The number of fused-ring (bicyclic) bond motifs is 1. The predicted molar refractivity (Wildman–Crippen MR) is 134 cm³/mol. The summed E-state index contributed by atoms with van der Waals surface area (Å²) in [7, 11) is 1.41. The maximum Gasteiger partial charge on any atom is 0.311 e. The van der Waals surface area contributed by atoms with Crippen LogP contribution in [0.3, 0.4) is 0 Å². The van der Waals surface area contributed by atoms with E-state index in [1.165, 1.54) is 11.9 Å². The van der Waals surface area contributed by atoms with Crippen LogP contribution in [0.4, 0.5) is 0 Å². The van der Waals surface area contributed by atoms with Gasteiger partial charge in [0.2, 0.25) is 0 Å². The molecule has 0 saturated heterocycles. The van der Waals surface area contributed by atoms with Gasteiger partial charge in [0.1, 0.15) is 11.0 Å². The van der Waals surface area contributed by atoms with E-state index in [0.717, 1.165) is 35.7 Å². The molecular formula is C27H35N3O5. The van der Waals surface area contributed by atoms with E-state index in [-0.39, 0.29) is 24.5 Å². The summed E-state index contributed by atoms with van der Waals surface area (Å²) in [5, 5.41) is 8.89. The van der Waals surface area contributed by atoms with E-state index in [9.17, 15) is 14.4 Å². The standard InChI is InChI=1S/C21H23N3O3.C6H12O2/c1-4-21(2,3)20(26)27-12-11-15-9-10-16(14-25)19(13-15)24-22-17-7-5-6-8-18(17)23-24;1-4-5(2)6(7)8-3/h5-10,13-14H,4,11-12H2,1-3H3;5H,4H2,1-3H3. The van der Waals surface area contributed by atoms with Gasteiger partial charge in [-0.2, -0.15) is 0 Å². The summed E-state index contributed by atoms with van der Waals surface area (Å²) in [5.74, 6) is -0.262. The molecule has 1 heterocycles. The number of methoxy groups -OCH3 is 1. The Labute approximate surface area is 206 Å². The minimum Gasteiger partial charge on any atom is -0.469 e. The zero-order valence-electron chi connectivity index (χ0n) is 21.4. The van der Waals surface area contributed by atoms with Gasteiger partial charge in [0.25, 0.3) is 0 Å². The number of benzene rings is 2. The molecule has 8 heteroatoms. The topological polar surface area (TPSA) is 100 Å². The molecule has 0 amide bonds. The fourth-order valence-electron chi connectivity index (χ4n) is 2.95. The molecule has 1 atom stereocenters. The smallest absolute Gasteiger partial charge is 0.311 e. The van der Waals surface area contributed by atoms with Crippen molar-refractivity contribution in [3.8, 4) is 5.69 Å². The Kier molecular flexibility index (Phi) is 10.1. The third-order valence-electron chi connectivity index (χ3n) is 6.00. The Balaban J connectivity index is 0.000000466. The van der Waals surface area contributed by atoms with Crippen molar-refractivity contribution in [2.24, 2.45) is 11.3 Å². The summed E-state index contributed by atoms with van der Waals surface area (Å²) in [5.41, 5.74) is 3.10. The Morgan fingerprint density at radius 1 is 1.09 bits per heavy atom. The number of hydrogen-bond donors (Lipinski definition) is 0. The Morgan fingerprint density at radius 3 is 2.20 bits per heavy atom. The molecule has 1 aromatic heterocycles. The van der Waals surface area contributed by atoms with Crippen LogP contribution in [0.2, 0.25) is 0 Å². The highest BCUT2D eigenvalue weighted by molar-refractivity contribution is 5.81. The largest absolute Gasteiger partial charge is 0.469 e. The van der Waals surface area contributed by atoms with Crippen LogP contribution < -0.4 is 0 Å². The number of hydrogen-bond acceptors (Lipinski definition) is 7. The maximum absolute atomic E-state index is 12.1. The Hall–Kier alpha value is -3.55. The van der Waals surface area contributed by atoms with Crippen LogP contribution in [0, 0.1) is 11.3 Å². The molecule has 188 valence electrons. The van der Waals surface area contributed by atoms with Crippen molar-refractivity contribution in [2.45, 2.75) is 53.9 Å². The molecule has 0 fully saturated rings. The van der Waals surface area contributed by atoms with E-state index in [0.29, 0.717) is 17.7 Å². The molecule has 0 radical (unpaired) electrons. The zero-order chi connectivity index (χ0) is 26.0. The minimum absolute atomic E-state index is 0.0556. The summed E-state index contributed by atoms with van der Waals surface area (Å²) in [6.45, 7) is 9.82. The Bertz CT molecular complexity index is 1120. The van der Waals surface area contributed by atoms with Gasteiger partial charge in [0.05, 0.1) is 30.7 Å². The maximum atomic E-state index is 12.1. The van der Waals surface area contributed by atoms with E-state index >= 15 is 0 Å². The van der Waals surface area contributed by atoms with Crippen LogP contribution in [-0.4, -0.2) is 46.9 Å². The van der Waals surface area contributed by atoms with Crippen LogP contribution in [0.5, 0.6) is 0 Å². The van der Waals surface area contributed by atoms with Gasteiger partial charge in [-0.25, -0.2) is 0 Å². The first kappa shape index (κ1) is 27.7. The van der Waals surface area contributed by atoms with Crippen LogP contribution in [0.1, 0.15) is 63.4 Å². The quantitative estimate of drug-likeness (QED) is 0.314. The lowest BCUT2D eigenvalue weighted by Crippen LogP contribution is -2.26. The summed E-state index contributed by atoms with van der Waals surface area (Å²) in [6.07, 6.45) is 2.92. The second kappa shape index (κ2) is 12.8. The highest BCUT2D eigenvalue weighted by Gasteiger charge is 2.26. The number of nitrogens with zero attached hydrogens (tertiary/aromatic N) is 3. The molecular weight excluding hydrogens is 446 g/mol. The Morgan fingerprint density at radius 2 is 1.71 bits per heavy atom. The number of carbonyl (C=O) groups excluding carboxylic acids is 3. The first-order valence-electron chi connectivity index (χ1n) is 11.8. The second-order valence-corrected chi connectivity index (χ2v) is 8.94. The lowest BCUT2D eigenvalue weighted by molar-refractivity contribution is -0.154. The summed E-state index contributed by atoms with van der Waals surface area (Å²) in [6, 6.07) is 13.0. The van der Waals surface area contributed by atoms with E-state index in [1.54, 1.807) is 6.07 Å². The van der Waals surface area contributed by atoms with E-state index in [4.69, 9.17) is 4.74 Å². The number of aldehydes is 1. The summed E-state index contributed by atoms with van der Waals surface area (Å²) >= 11 is 0. The van der Waals surface area contributed by atoms with E-state index in [1.807, 2.05) is 71.0 Å². The molecule has 3 rings (SSSR count). The van der Waals surface area contributed by atoms with Crippen molar-refractivity contribution in [3.05, 3.63) is 53.6 Å². The molecule has 0 spiro atoms. The highest BCUT2D eigenvalue weighted by atomic mass is 16.5. The fraction of sp³-hybridized carbons (Fsp3) is 0.444. The molecule has 35 heavy (non-hydrogen) atoms. The lowest BCUT2D eigenvalue weighted by Gasteiger charge is -2.20. The van der Waals surface area contributed by atoms with Gasteiger partial charge in [-0.1, -0.05) is 39.0 Å². The van der Waals surface area contributed by atoms with Crippen molar-refractivity contribution < 1.29 is 23.9 Å². The van der Waals surface area contributed by atoms with Gasteiger partial charge in [0.15, 0.2) is 6.29 Å². The minimum atomic E-state index is -0.481. The summed E-state index contributed by atoms with van der Waals surface area (Å²) in [4.78, 5) is 35.5. The number of aromatic nitrogens is 3. The number of esters is 2. The number of carbonyl (C=O) groups is 3. The SMILES string of the molecule is CCC(C)(C)C(=O)OCCc1ccc(C=O)c(-n2nc3ccccc3n2)c1.CCC(C)C(=O)OC. The van der Waals surface area contributed by atoms with Gasteiger partial charge < -0.3 is 9.47 Å². The monoisotopic (exact) mass is 481 g/mol. The molecule has 0 aliphatic carbocycles. The molecule has 0 aliphatic rings. The first-order valence-corrected chi connectivity index (χ1v) is 11.8. The van der Waals surface area contributed by atoms with Crippen LogP contribution in [-0.2, 0) is 25.5 Å². The normalized spacial score (nSPS) is 11.8. The molecule has 0 bridgehead atoms.